The number of rotatable bonds is 3. The fraction of sp³-hybridized carbons (Fsp3) is 0.385. The third kappa shape index (κ3) is 1.98. The zero-order chi connectivity index (χ0) is 10.7. The van der Waals surface area contributed by atoms with E-state index < -0.39 is 0 Å². The summed E-state index contributed by atoms with van der Waals surface area (Å²) in [7, 11) is 1.92. The summed E-state index contributed by atoms with van der Waals surface area (Å²) in [5.74, 6) is 3.68. The smallest absolute Gasteiger partial charge is 0.123 e. The molecule has 1 aromatic carbocycles. The van der Waals surface area contributed by atoms with E-state index in [9.17, 15) is 0 Å². The van der Waals surface area contributed by atoms with Crippen LogP contribution in [0.3, 0.4) is 0 Å². The van der Waals surface area contributed by atoms with E-state index in [4.69, 9.17) is 11.2 Å². The lowest BCUT2D eigenvalue weighted by atomic mass is 10.0. The van der Waals surface area contributed by atoms with Crippen molar-refractivity contribution < 1.29 is 4.74 Å². The van der Waals surface area contributed by atoms with Crippen LogP contribution in [0.4, 0.5) is 0 Å². The average Bonchev–Trinajstić information content (AvgIpc) is 2.69. The highest BCUT2D eigenvalue weighted by atomic mass is 16.5. The summed E-state index contributed by atoms with van der Waals surface area (Å²) >= 11 is 0. The molecule has 0 fully saturated rings. The van der Waals surface area contributed by atoms with Gasteiger partial charge in [0.25, 0.3) is 0 Å². The SMILES string of the molecule is C#CCC(NC)C1Cc2ccccc2O1. The monoisotopic (exact) mass is 201 g/mol. The molecule has 78 valence electrons. The topological polar surface area (TPSA) is 21.3 Å². The van der Waals surface area contributed by atoms with E-state index in [-0.39, 0.29) is 12.1 Å². The van der Waals surface area contributed by atoms with Crippen LogP contribution in [-0.4, -0.2) is 19.2 Å². The van der Waals surface area contributed by atoms with Gasteiger partial charge in [-0.05, 0) is 18.7 Å². The highest BCUT2D eigenvalue weighted by Crippen LogP contribution is 2.29. The normalized spacial score (nSPS) is 20.1. The summed E-state index contributed by atoms with van der Waals surface area (Å²) in [5, 5.41) is 3.21. The van der Waals surface area contributed by atoms with E-state index in [1.165, 1.54) is 5.56 Å². The minimum absolute atomic E-state index is 0.170. The third-order valence-electron chi connectivity index (χ3n) is 2.83. The van der Waals surface area contributed by atoms with Gasteiger partial charge in [0.05, 0.1) is 6.04 Å². The molecule has 1 N–H and O–H groups in total. The molecular weight excluding hydrogens is 186 g/mol. The van der Waals surface area contributed by atoms with Crippen LogP contribution in [-0.2, 0) is 6.42 Å². The molecule has 0 saturated heterocycles. The lowest BCUT2D eigenvalue weighted by Gasteiger charge is -2.20. The number of hydrogen-bond donors (Lipinski definition) is 1. The maximum atomic E-state index is 5.85. The molecule has 2 rings (SSSR count). The van der Waals surface area contributed by atoms with Crippen molar-refractivity contribution in [3.63, 3.8) is 0 Å². The molecule has 0 saturated carbocycles. The number of ether oxygens (including phenoxy) is 1. The first-order valence-electron chi connectivity index (χ1n) is 5.20. The first-order valence-corrected chi connectivity index (χ1v) is 5.20. The quantitative estimate of drug-likeness (QED) is 0.750. The molecule has 0 amide bonds. The highest BCUT2D eigenvalue weighted by Gasteiger charge is 2.28. The molecule has 0 spiro atoms. The Balaban J connectivity index is 2.09. The Bertz CT molecular complexity index is 355. The molecular formula is C13H15NO. The number of fused-ring (bicyclic) bond motifs is 1. The zero-order valence-corrected chi connectivity index (χ0v) is 8.86. The van der Waals surface area contributed by atoms with Crippen molar-refractivity contribution in [2.24, 2.45) is 0 Å². The maximum absolute atomic E-state index is 5.85. The average molecular weight is 201 g/mol. The van der Waals surface area contributed by atoms with Crippen molar-refractivity contribution in [1.29, 1.82) is 0 Å². The van der Waals surface area contributed by atoms with Crippen LogP contribution in [0.5, 0.6) is 5.75 Å². The third-order valence-corrected chi connectivity index (χ3v) is 2.83. The Labute approximate surface area is 90.6 Å². The summed E-state index contributed by atoms with van der Waals surface area (Å²) in [6.07, 6.45) is 7.15. The van der Waals surface area contributed by atoms with Gasteiger partial charge in [0.2, 0.25) is 0 Å². The second-order valence-corrected chi connectivity index (χ2v) is 3.77. The van der Waals surface area contributed by atoms with Gasteiger partial charge < -0.3 is 10.1 Å². The summed E-state index contributed by atoms with van der Waals surface area (Å²) in [4.78, 5) is 0. The van der Waals surface area contributed by atoms with E-state index >= 15 is 0 Å². The largest absolute Gasteiger partial charge is 0.488 e. The van der Waals surface area contributed by atoms with Gasteiger partial charge in [-0.15, -0.1) is 12.3 Å². The summed E-state index contributed by atoms with van der Waals surface area (Å²) in [5.41, 5.74) is 1.28. The Morgan fingerprint density at radius 1 is 1.60 bits per heavy atom. The van der Waals surface area contributed by atoms with Crippen LogP contribution in [0.1, 0.15) is 12.0 Å². The number of hydrogen-bond acceptors (Lipinski definition) is 2. The summed E-state index contributed by atoms with van der Waals surface area (Å²) < 4.78 is 5.85. The van der Waals surface area contributed by atoms with Crippen LogP contribution >= 0.6 is 0 Å². The molecule has 0 aromatic heterocycles. The molecule has 0 bridgehead atoms. The molecule has 0 radical (unpaired) electrons. The van der Waals surface area contributed by atoms with Crippen LogP contribution in [0, 0.1) is 12.3 Å². The molecule has 2 heteroatoms. The van der Waals surface area contributed by atoms with E-state index in [1.807, 2.05) is 25.2 Å². The lowest BCUT2D eigenvalue weighted by Crippen LogP contribution is -2.40. The Morgan fingerprint density at radius 2 is 2.40 bits per heavy atom. The van der Waals surface area contributed by atoms with Gasteiger partial charge in [-0.2, -0.15) is 0 Å². The fourth-order valence-corrected chi connectivity index (χ4v) is 1.98. The molecule has 2 unspecified atom stereocenters. The number of terminal acetylenes is 1. The molecule has 1 heterocycles. The van der Waals surface area contributed by atoms with Gasteiger partial charge in [-0.3, -0.25) is 0 Å². The van der Waals surface area contributed by atoms with E-state index in [0.29, 0.717) is 6.42 Å². The summed E-state index contributed by atoms with van der Waals surface area (Å²) in [6, 6.07) is 8.40. The van der Waals surface area contributed by atoms with Crippen molar-refractivity contribution in [3.05, 3.63) is 29.8 Å². The molecule has 1 aliphatic rings. The van der Waals surface area contributed by atoms with E-state index in [1.54, 1.807) is 0 Å². The second kappa shape index (κ2) is 4.37. The molecule has 2 nitrogen and oxygen atoms in total. The molecule has 1 aromatic rings. The van der Waals surface area contributed by atoms with Gasteiger partial charge in [0.1, 0.15) is 11.9 Å². The van der Waals surface area contributed by atoms with Gasteiger partial charge in [0.15, 0.2) is 0 Å². The highest BCUT2D eigenvalue weighted by molar-refractivity contribution is 5.37. The van der Waals surface area contributed by atoms with Crippen LogP contribution in [0.15, 0.2) is 24.3 Å². The van der Waals surface area contributed by atoms with Crippen molar-refractivity contribution in [2.45, 2.75) is 25.0 Å². The van der Waals surface area contributed by atoms with Gasteiger partial charge in [-0.1, -0.05) is 18.2 Å². The fourth-order valence-electron chi connectivity index (χ4n) is 1.98. The minimum atomic E-state index is 0.170. The van der Waals surface area contributed by atoms with E-state index in [0.717, 1.165) is 12.2 Å². The van der Waals surface area contributed by atoms with Gasteiger partial charge in [0, 0.05) is 12.8 Å². The van der Waals surface area contributed by atoms with Crippen LogP contribution in [0.2, 0.25) is 0 Å². The summed E-state index contributed by atoms with van der Waals surface area (Å²) in [6.45, 7) is 0. The van der Waals surface area contributed by atoms with Crippen LogP contribution < -0.4 is 10.1 Å². The van der Waals surface area contributed by atoms with Gasteiger partial charge in [-0.25, -0.2) is 0 Å². The van der Waals surface area contributed by atoms with Crippen molar-refractivity contribution in [3.8, 4) is 18.1 Å². The predicted octanol–water partition coefficient (Wildman–Crippen LogP) is 1.60. The molecule has 1 aliphatic heterocycles. The van der Waals surface area contributed by atoms with Crippen molar-refractivity contribution >= 4 is 0 Å². The minimum Gasteiger partial charge on any atom is -0.488 e. The number of para-hydroxylation sites is 1. The Hall–Kier alpha value is -1.46. The predicted molar refractivity (Wildman–Crippen MR) is 60.9 cm³/mol. The second-order valence-electron chi connectivity index (χ2n) is 3.77. The molecule has 15 heavy (non-hydrogen) atoms. The van der Waals surface area contributed by atoms with Gasteiger partial charge >= 0.3 is 0 Å². The van der Waals surface area contributed by atoms with Crippen molar-refractivity contribution in [2.75, 3.05) is 7.05 Å². The molecule has 0 aliphatic carbocycles. The van der Waals surface area contributed by atoms with E-state index in [2.05, 4.69) is 17.3 Å². The standard InChI is InChI=1S/C13H15NO/c1-3-6-11(14-2)13-9-10-7-4-5-8-12(10)15-13/h1,4-5,7-8,11,13-14H,6,9H2,2H3. The first kappa shape index (κ1) is 10.1. The zero-order valence-electron chi connectivity index (χ0n) is 8.86. The van der Waals surface area contributed by atoms with Crippen LogP contribution in [0.25, 0.3) is 0 Å². The number of benzene rings is 1. The first-order chi connectivity index (χ1) is 7.35. The Morgan fingerprint density at radius 3 is 3.07 bits per heavy atom. The van der Waals surface area contributed by atoms with Crippen molar-refractivity contribution in [1.82, 2.24) is 5.32 Å². The lowest BCUT2D eigenvalue weighted by molar-refractivity contribution is 0.184. The number of nitrogens with one attached hydrogen (secondary N) is 1. The Kier molecular flexibility index (Phi) is 2.94. The maximum Gasteiger partial charge on any atom is 0.123 e. The molecule has 2 atom stereocenters. The number of likely N-dealkylation sites (N-methyl/N-ethyl adjacent to an activating group) is 1.